The number of anilines is 1. The van der Waals surface area contributed by atoms with Crippen molar-refractivity contribution in [2.45, 2.75) is 26.2 Å². The van der Waals surface area contributed by atoms with E-state index in [1.165, 1.54) is 50.5 Å². The summed E-state index contributed by atoms with van der Waals surface area (Å²) < 4.78 is 62.8. The minimum atomic E-state index is -3.73. The number of cyclic esters (lactones) is 1. The highest BCUT2D eigenvalue weighted by Crippen LogP contribution is 2.41. The van der Waals surface area contributed by atoms with Crippen LogP contribution in [0.3, 0.4) is 0 Å². The van der Waals surface area contributed by atoms with Crippen molar-refractivity contribution in [1.82, 2.24) is 5.32 Å². The molecule has 214 valence electrons. The van der Waals surface area contributed by atoms with Gasteiger partial charge in [0, 0.05) is 45.0 Å². The number of ether oxygens (including phenoxy) is 3. The Kier molecular flexibility index (Phi) is 6.90. The fourth-order valence-electron chi connectivity index (χ4n) is 4.45. The lowest BCUT2D eigenvalue weighted by molar-refractivity contribution is -0.127. The summed E-state index contributed by atoms with van der Waals surface area (Å²) in [6.07, 6.45) is 1.04. The molecule has 2 heterocycles. The molecule has 12 heteroatoms. The minimum absolute atomic E-state index is 0.0575. The Labute approximate surface area is 235 Å². The number of carbonyl (C=O) groups is 2. The third-order valence-electron chi connectivity index (χ3n) is 6.52. The van der Waals surface area contributed by atoms with Crippen LogP contribution in [0.5, 0.6) is 11.5 Å². The zero-order chi connectivity index (χ0) is 29.7. The van der Waals surface area contributed by atoms with Crippen molar-refractivity contribution in [3.63, 3.8) is 0 Å². The van der Waals surface area contributed by atoms with Gasteiger partial charge in [0.25, 0.3) is 5.91 Å². The molecule has 1 aromatic heterocycles. The molecule has 10 nitrogen and oxygen atoms in total. The number of rotatable bonds is 7. The smallest absolute Gasteiger partial charge is 0.345 e. The highest BCUT2D eigenvalue weighted by atomic mass is 32.2. The molecule has 0 aliphatic carbocycles. The first kappa shape index (κ1) is 28.0. The highest BCUT2D eigenvalue weighted by Gasteiger charge is 2.34. The molecule has 0 fully saturated rings. The maximum atomic E-state index is 13.6. The van der Waals surface area contributed by atoms with Crippen molar-refractivity contribution in [2.75, 3.05) is 24.7 Å². The topological polar surface area (TPSA) is 124 Å². The Morgan fingerprint density at radius 2 is 1.78 bits per heavy atom. The van der Waals surface area contributed by atoms with Gasteiger partial charge in [-0.15, -0.1) is 0 Å². The molecule has 0 saturated heterocycles. The van der Waals surface area contributed by atoms with Crippen LogP contribution in [0.1, 0.15) is 40.1 Å². The lowest BCUT2D eigenvalue weighted by Gasteiger charge is -2.31. The van der Waals surface area contributed by atoms with Crippen LogP contribution in [0, 0.1) is 5.82 Å². The van der Waals surface area contributed by atoms with Gasteiger partial charge in [0.2, 0.25) is 15.8 Å². The highest BCUT2D eigenvalue weighted by molar-refractivity contribution is 7.92. The van der Waals surface area contributed by atoms with Gasteiger partial charge in [-0.05, 0) is 48.0 Å². The summed E-state index contributed by atoms with van der Waals surface area (Å²) >= 11 is 0. The second-order valence-electron chi connectivity index (χ2n) is 9.95. The fourth-order valence-corrected chi connectivity index (χ4v) is 4.95. The number of sulfonamides is 1. The number of amides is 1. The van der Waals surface area contributed by atoms with Crippen molar-refractivity contribution in [1.29, 1.82) is 0 Å². The standard InChI is InChI=1S/C29H27FN2O8S/c1-29(2)39-22-11-6-16(12-20(22)28(34)40-29)15-37-24-13-19-23(14-21(24)32(4)41(5,35)36)38-26(25(19)27(33)31-3)17-7-9-18(30)10-8-17/h6-14H,15H2,1-5H3,(H,31,33). The van der Waals surface area contributed by atoms with Gasteiger partial charge in [0.05, 0.1) is 17.5 Å². The van der Waals surface area contributed by atoms with Crippen LogP contribution in [0.4, 0.5) is 10.1 Å². The summed E-state index contributed by atoms with van der Waals surface area (Å²) in [5, 5.41) is 2.94. The third-order valence-corrected chi connectivity index (χ3v) is 7.71. The molecule has 0 unspecified atom stereocenters. The van der Waals surface area contributed by atoms with Crippen LogP contribution in [0.2, 0.25) is 0 Å². The predicted molar refractivity (Wildman–Crippen MR) is 149 cm³/mol. The largest absolute Gasteiger partial charge is 0.487 e. The average Bonchev–Trinajstić information content (AvgIpc) is 3.28. The number of furan rings is 1. The second-order valence-corrected chi connectivity index (χ2v) is 12.0. The molecule has 1 N–H and O–H groups in total. The molecule has 4 aromatic rings. The first-order chi connectivity index (χ1) is 19.3. The van der Waals surface area contributed by atoms with Crippen LogP contribution in [0.25, 0.3) is 22.3 Å². The average molecular weight is 583 g/mol. The van der Waals surface area contributed by atoms with E-state index in [1.807, 2.05) is 0 Å². The summed E-state index contributed by atoms with van der Waals surface area (Å²) in [7, 11) is -0.904. The van der Waals surface area contributed by atoms with Gasteiger partial charge in [0.1, 0.15) is 40.8 Å². The van der Waals surface area contributed by atoms with E-state index in [0.29, 0.717) is 22.3 Å². The second kappa shape index (κ2) is 10.1. The lowest BCUT2D eigenvalue weighted by atomic mass is 10.0. The van der Waals surface area contributed by atoms with Crippen LogP contribution in [0.15, 0.2) is 59.0 Å². The van der Waals surface area contributed by atoms with Crippen molar-refractivity contribution < 1.29 is 41.0 Å². The van der Waals surface area contributed by atoms with Gasteiger partial charge in [-0.25, -0.2) is 17.6 Å². The van der Waals surface area contributed by atoms with Crippen LogP contribution < -0.4 is 19.1 Å². The van der Waals surface area contributed by atoms with Crippen molar-refractivity contribution in [3.05, 3.63) is 77.1 Å². The van der Waals surface area contributed by atoms with E-state index < -0.39 is 33.5 Å². The Hall–Kier alpha value is -4.58. The van der Waals surface area contributed by atoms with E-state index in [4.69, 9.17) is 18.6 Å². The van der Waals surface area contributed by atoms with Gasteiger partial charge in [0.15, 0.2) is 0 Å². The fraction of sp³-hybridized carbons (Fsp3) is 0.241. The molecule has 1 amide bonds. The number of hydrogen-bond acceptors (Lipinski definition) is 8. The first-order valence-corrected chi connectivity index (χ1v) is 14.3. The Balaban J connectivity index is 1.60. The van der Waals surface area contributed by atoms with Gasteiger partial charge in [-0.2, -0.15) is 0 Å². The number of esters is 1. The first-order valence-electron chi connectivity index (χ1n) is 12.5. The summed E-state index contributed by atoms with van der Waals surface area (Å²) in [5.74, 6) is -1.86. The van der Waals surface area contributed by atoms with E-state index in [2.05, 4.69) is 5.32 Å². The normalized spacial score (nSPS) is 14.1. The van der Waals surface area contributed by atoms with Crippen LogP contribution in [-0.4, -0.2) is 46.4 Å². The molecule has 1 aliphatic heterocycles. The van der Waals surface area contributed by atoms with E-state index >= 15 is 0 Å². The summed E-state index contributed by atoms with van der Waals surface area (Å²) in [6.45, 7) is 3.20. The Morgan fingerprint density at radius 1 is 1.07 bits per heavy atom. The van der Waals surface area contributed by atoms with Gasteiger partial charge >= 0.3 is 5.97 Å². The number of benzene rings is 3. The quantitative estimate of drug-likeness (QED) is 0.307. The number of fused-ring (bicyclic) bond motifs is 2. The van der Waals surface area contributed by atoms with E-state index in [9.17, 15) is 22.4 Å². The van der Waals surface area contributed by atoms with Crippen molar-refractivity contribution in [3.8, 4) is 22.8 Å². The summed E-state index contributed by atoms with van der Waals surface area (Å²) in [6, 6.07) is 13.4. The third kappa shape index (κ3) is 5.42. The molecule has 0 spiro atoms. The van der Waals surface area contributed by atoms with Gasteiger partial charge in [-0.3, -0.25) is 9.10 Å². The molecule has 0 bridgehead atoms. The van der Waals surface area contributed by atoms with E-state index in [0.717, 1.165) is 10.6 Å². The SMILES string of the molecule is CNC(=O)c1c(-c2ccc(F)cc2)oc2cc(N(C)S(C)(=O)=O)c(OCc3ccc4c(c3)C(=O)OC(C)(C)O4)cc12. The number of halogens is 1. The Morgan fingerprint density at radius 3 is 2.44 bits per heavy atom. The lowest BCUT2D eigenvalue weighted by Crippen LogP contribution is -2.38. The molecular formula is C29H27FN2O8S. The molecule has 1 aliphatic rings. The molecule has 0 radical (unpaired) electrons. The molecule has 3 aromatic carbocycles. The van der Waals surface area contributed by atoms with Crippen molar-refractivity contribution in [2.24, 2.45) is 0 Å². The van der Waals surface area contributed by atoms with Gasteiger partial charge in [-0.1, -0.05) is 6.07 Å². The number of hydrogen-bond donors (Lipinski definition) is 1. The zero-order valence-electron chi connectivity index (χ0n) is 22.9. The molecule has 0 saturated carbocycles. The molecular weight excluding hydrogens is 555 g/mol. The van der Waals surface area contributed by atoms with E-state index in [-0.39, 0.29) is 40.5 Å². The van der Waals surface area contributed by atoms with Gasteiger partial charge < -0.3 is 23.9 Å². The number of nitrogens with one attached hydrogen (secondary N) is 1. The maximum absolute atomic E-state index is 13.6. The summed E-state index contributed by atoms with van der Waals surface area (Å²) in [4.78, 5) is 25.5. The molecule has 0 atom stereocenters. The van der Waals surface area contributed by atoms with Crippen molar-refractivity contribution >= 4 is 38.6 Å². The zero-order valence-corrected chi connectivity index (χ0v) is 23.7. The van der Waals surface area contributed by atoms with E-state index in [1.54, 1.807) is 32.0 Å². The predicted octanol–water partition coefficient (Wildman–Crippen LogP) is 4.86. The molecule has 5 rings (SSSR count). The minimum Gasteiger partial charge on any atom is -0.487 e. The van der Waals surface area contributed by atoms with Crippen LogP contribution >= 0.6 is 0 Å². The monoisotopic (exact) mass is 582 g/mol. The maximum Gasteiger partial charge on any atom is 0.345 e. The Bertz CT molecular complexity index is 1800. The molecule has 41 heavy (non-hydrogen) atoms. The summed E-state index contributed by atoms with van der Waals surface area (Å²) in [5.41, 5.74) is 1.82. The van der Waals surface area contributed by atoms with Crippen LogP contribution in [-0.2, 0) is 21.4 Å². The number of carbonyl (C=O) groups excluding carboxylic acids is 2. The number of nitrogens with zero attached hydrogens (tertiary/aromatic N) is 1.